The monoisotopic (exact) mass is 178 g/mol. The van der Waals surface area contributed by atoms with Crippen molar-refractivity contribution in [2.75, 3.05) is 6.61 Å². The first-order valence-corrected chi connectivity index (χ1v) is 4.38. The number of benzene rings is 1. The summed E-state index contributed by atoms with van der Waals surface area (Å²) in [7, 11) is 0. The minimum Gasteiger partial charge on any atom is -0.494 e. The Hall–Kier alpha value is -1.31. The van der Waals surface area contributed by atoms with Gasteiger partial charge in [0.2, 0.25) is 0 Å². The fraction of sp³-hybridized carbons (Fsp3) is 0.364. The zero-order valence-corrected chi connectivity index (χ0v) is 8.26. The average Bonchev–Trinajstić information content (AvgIpc) is 2.11. The maximum atomic E-state index is 10.6. The summed E-state index contributed by atoms with van der Waals surface area (Å²) in [6, 6.07) is 3.76. The molecule has 0 amide bonds. The van der Waals surface area contributed by atoms with Crippen LogP contribution in [0.5, 0.6) is 5.75 Å². The molecule has 0 bridgehead atoms. The van der Waals surface area contributed by atoms with E-state index in [0.717, 1.165) is 28.7 Å². The van der Waals surface area contributed by atoms with Gasteiger partial charge in [0.25, 0.3) is 0 Å². The van der Waals surface area contributed by atoms with E-state index in [9.17, 15) is 4.79 Å². The Kier molecular flexibility index (Phi) is 3.07. The van der Waals surface area contributed by atoms with Crippen LogP contribution in [0, 0.1) is 13.8 Å². The molecule has 70 valence electrons. The van der Waals surface area contributed by atoms with Gasteiger partial charge in [0.1, 0.15) is 12.0 Å². The summed E-state index contributed by atoms with van der Waals surface area (Å²) >= 11 is 0. The molecule has 13 heavy (non-hydrogen) atoms. The number of hydrogen-bond acceptors (Lipinski definition) is 2. The molecule has 0 N–H and O–H groups in total. The van der Waals surface area contributed by atoms with Crippen molar-refractivity contribution in [2.45, 2.75) is 20.8 Å². The summed E-state index contributed by atoms with van der Waals surface area (Å²) in [6.45, 7) is 6.45. The summed E-state index contributed by atoms with van der Waals surface area (Å²) in [5.41, 5.74) is 2.71. The third-order valence-corrected chi connectivity index (χ3v) is 1.99. The molecule has 1 rings (SSSR count). The van der Waals surface area contributed by atoms with Crippen LogP contribution in [0.2, 0.25) is 0 Å². The maximum Gasteiger partial charge on any atom is 0.150 e. The molecule has 2 nitrogen and oxygen atoms in total. The van der Waals surface area contributed by atoms with Crippen LogP contribution in [0.25, 0.3) is 0 Å². The van der Waals surface area contributed by atoms with E-state index >= 15 is 0 Å². The second kappa shape index (κ2) is 4.08. The van der Waals surface area contributed by atoms with Gasteiger partial charge in [-0.2, -0.15) is 0 Å². The van der Waals surface area contributed by atoms with Crippen molar-refractivity contribution in [2.24, 2.45) is 0 Å². The van der Waals surface area contributed by atoms with Gasteiger partial charge >= 0.3 is 0 Å². The van der Waals surface area contributed by atoms with Crippen molar-refractivity contribution in [3.05, 3.63) is 28.8 Å². The van der Waals surface area contributed by atoms with Gasteiger partial charge in [0, 0.05) is 5.56 Å². The predicted octanol–water partition coefficient (Wildman–Crippen LogP) is 2.51. The second-order valence-electron chi connectivity index (χ2n) is 3.03. The molecule has 0 aliphatic rings. The smallest absolute Gasteiger partial charge is 0.150 e. The molecule has 0 aromatic heterocycles. The van der Waals surface area contributed by atoms with Crippen LogP contribution >= 0.6 is 0 Å². The summed E-state index contributed by atoms with van der Waals surface area (Å²) in [5, 5.41) is 0. The highest BCUT2D eigenvalue weighted by Gasteiger charge is 2.03. The topological polar surface area (TPSA) is 26.3 Å². The van der Waals surface area contributed by atoms with Crippen LogP contribution in [0.4, 0.5) is 0 Å². The molecule has 0 unspecified atom stereocenters. The molecule has 0 saturated heterocycles. The second-order valence-corrected chi connectivity index (χ2v) is 3.03. The van der Waals surface area contributed by atoms with Gasteiger partial charge in [-0.05, 0) is 44.0 Å². The summed E-state index contributed by atoms with van der Waals surface area (Å²) in [5.74, 6) is 0.866. The fourth-order valence-corrected chi connectivity index (χ4v) is 1.25. The van der Waals surface area contributed by atoms with Crippen molar-refractivity contribution < 1.29 is 9.53 Å². The number of aryl methyl sites for hydroxylation is 2. The molecule has 0 saturated carbocycles. The molecular formula is C11H14O2. The highest BCUT2D eigenvalue weighted by Crippen LogP contribution is 2.21. The molecule has 0 fully saturated rings. The van der Waals surface area contributed by atoms with E-state index in [2.05, 4.69) is 0 Å². The fourth-order valence-electron chi connectivity index (χ4n) is 1.25. The summed E-state index contributed by atoms with van der Waals surface area (Å²) < 4.78 is 5.40. The molecule has 0 aliphatic heterocycles. The lowest BCUT2D eigenvalue weighted by Gasteiger charge is -2.09. The lowest BCUT2D eigenvalue weighted by atomic mass is 10.1. The Balaban J connectivity index is 3.12. The standard InChI is InChI=1S/C11H14O2/c1-4-13-11-6-8(2)10(7-12)5-9(11)3/h5-7H,4H2,1-3H3. The van der Waals surface area contributed by atoms with Gasteiger partial charge < -0.3 is 4.74 Å². The average molecular weight is 178 g/mol. The van der Waals surface area contributed by atoms with Crippen molar-refractivity contribution in [1.29, 1.82) is 0 Å². The van der Waals surface area contributed by atoms with Crippen LogP contribution in [0.1, 0.15) is 28.4 Å². The summed E-state index contributed by atoms with van der Waals surface area (Å²) in [6.07, 6.45) is 0.873. The van der Waals surface area contributed by atoms with Gasteiger partial charge in [-0.1, -0.05) is 0 Å². The van der Waals surface area contributed by atoms with Crippen molar-refractivity contribution in [3.63, 3.8) is 0 Å². The molecule has 0 atom stereocenters. The minimum atomic E-state index is 0.653. The van der Waals surface area contributed by atoms with Crippen molar-refractivity contribution in [3.8, 4) is 5.75 Å². The number of rotatable bonds is 3. The largest absolute Gasteiger partial charge is 0.494 e. The predicted molar refractivity (Wildman–Crippen MR) is 52.5 cm³/mol. The molecule has 1 aromatic carbocycles. The van der Waals surface area contributed by atoms with E-state index in [1.807, 2.05) is 32.9 Å². The molecule has 0 spiro atoms. The van der Waals surface area contributed by atoms with Crippen LogP contribution in [-0.4, -0.2) is 12.9 Å². The van der Waals surface area contributed by atoms with Gasteiger partial charge in [0.15, 0.2) is 0 Å². The van der Waals surface area contributed by atoms with E-state index in [4.69, 9.17) is 4.74 Å². The molecular weight excluding hydrogens is 164 g/mol. The lowest BCUT2D eigenvalue weighted by Crippen LogP contribution is -1.96. The summed E-state index contributed by atoms with van der Waals surface area (Å²) in [4.78, 5) is 10.6. The van der Waals surface area contributed by atoms with E-state index in [1.165, 1.54) is 0 Å². The number of ether oxygens (including phenoxy) is 1. The zero-order chi connectivity index (χ0) is 9.84. The highest BCUT2D eigenvalue weighted by molar-refractivity contribution is 5.78. The highest BCUT2D eigenvalue weighted by atomic mass is 16.5. The molecule has 0 heterocycles. The van der Waals surface area contributed by atoms with E-state index in [-0.39, 0.29) is 0 Å². The van der Waals surface area contributed by atoms with Gasteiger partial charge in [-0.25, -0.2) is 0 Å². The maximum absolute atomic E-state index is 10.6. The first-order chi connectivity index (χ1) is 6.19. The van der Waals surface area contributed by atoms with Crippen LogP contribution in [0.3, 0.4) is 0 Å². The first-order valence-electron chi connectivity index (χ1n) is 4.38. The quantitative estimate of drug-likeness (QED) is 0.665. The third kappa shape index (κ3) is 2.08. The SMILES string of the molecule is CCOc1cc(C)c(C=O)cc1C. The number of aldehydes is 1. The van der Waals surface area contributed by atoms with Crippen molar-refractivity contribution >= 4 is 6.29 Å². The first kappa shape index (κ1) is 9.78. The van der Waals surface area contributed by atoms with E-state index in [1.54, 1.807) is 0 Å². The van der Waals surface area contributed by atoms with Gasteiger partial charge in [-0.3, -0.25) is 4.79 Å². The Labute approximate surface area is 78.5 Å². The minimum absolute atomic E-state index is 0.653. The zero-order valence-electron chi connectivity index (χ0n) is 8.26. The van der Waals surface area contributed by atoms with Crippen molar-refractivity contribution in [1.82, 2.24) is 0 Å². The molecule has 0 aliphatic carbocycles. The van der Waals surface area contributed by atoms with Gasteiger partial charge in [0.05, 0.1) is 6.61 Å². The van der Waals surface area contributed by atoms with Crippen LogP contribution < -0.4 is 4.74 Å². The Morgan fingerprint density at radius 3 is 2.54 bits per heavy atom. The lowest BCUT2D eigenvalue weighted by molar-refractivity contribution is 0.112. The molecule has 2 heteroatoms. The number of carbonyl (C=O) groups excluding carboxylic acids is 1. The Bertz CT molecular complexity index is 316. The molecule has 0 radical (unpaired) electrons. The Morgan fingerprint density at radius 1 is 1.31 bits per heavy atom. The number of hydrogen-bond donors (Lipinski definition) is 0. The van der Waals surface area contributed by atoms with E-state index in [0.29, 0.717) is 6.61 Å². The Morgan fingerprint density at radius 2 is 2.00 bits per heavy atom. The number of carbonyl (C=O) groups is 1. The van der Waals surface area contributed by atoms with Crippen LogP contribution in [0.15, 0.2) is 12.1 Å². The molecule has 1 aromatic rings. The van der Waals surface area contributed by atoms with Gasteiger partial charge in [-0.15, -0.1) is 0 Å². The normalized spacial score (nSPS) is 9.77. The third-order valence-electron chi connectivity index (χ3n) is 1.99. The van der Waals surface area contributed by atoms with Crippen LogP contribution in [-0.2, 0) is 0 Å². The van der Waals surface area contributed by atoms with E-state index < -0.39 is 0 Å².